The van der Waals surface area contributed by atoms with Crippen LogP contribution in [-0.4, -0.2) is 30.8 Å². The Morgan fingerprint density at radius 2 is 2.00 bits per heavy atom. The maximum atomic E-state index is 13.1. The van der Waals surface area contributed by atoms with Gasteiger partial charge in [-0.2, -0.15) is 13.2 Å². The normalized spacial score (nSPS) is 20.6. The molecule has 1 N–H and O–H groups in total. The second-order valence-corrected chi connectivity index (χ2v) is 5.36. The first-order valence-corrected chi connectivity index (χ1v) is 6.39. The minimum Gasteiger partial charge on any atom is -0.374 e. The lowest BCUT2D eigenvalue weighted by Crippen LogP contribution is -2.42. The van der Waals surface area contributed by atoms with Crippen LogP contribution in [-0.2, 0) is 12.0 Å². The van der Waals surface area contributed by atoms with Crippen molar-refractivity contribution in [3.8, 4) is 11.4 Å². The van der Waals surface area contributed by atoms with Crippen LogP contribution < -0.4 is 0 Å². The van der Waals surface area contributed by atoms with Crippen molar-refractivity contribution in [3.05, 3.63) is 30.1 Å². The van der Waals surface area contributed by atoms with Gasteiger partial charge in [-0.25, -0.2) is 15.0 Å². The lowest BCUT2D eigenvalue weighted by atomic mass is 9.98. The fraction of sp³-hybridized carbons (Fsp3) is 0.462. The Kier molecular flexibility index (Phi) is 2.84. The molecule has 0 aromatic carbocycles. The SMILES string of the molecule is C[C@H]1Cc2cncnc2-c2cnc([C@@](C)(O)C(F)(F)F)n21. The van der Waals surface area contributed by atoms with E-state index in [1.807, 2.05) is 0 Å². The molecule has 21 heavy (non-hydrogen) atoms. The highest BCUT2D eigenvalue weighted by Gasteiger charge is 2.54. The van der Waals surface area contributed by atoms with E-state index >= 15 is 0 Å². The van der Waals surface area contributed by atoms with Crippen molar-refractivity contribution in [2.24, 2.45) is 0 Å². The molecule has 0 aliphatic carbocycles. The van der Waals surface area contributed by atoms with Gasteiger partial charge >= 0.3 is 6.18 Å². The van der Waals surface area contributed by atoms with E-state index in [0.29, 0.717) is 24.7 Å². The van der Waals surface area contributed by atoms with Gasteiger partial charge in [0.15, 0.2) is 5.82 Å². The Balaban J connectivity index is 2.21. The average Bonchev–Trinajstić information content (AvgIpc) is 2.83. The van der Waals surface area contributed by atoms with Crippen LogP contribution in [0.3, 0.4) is 0 Å². The predicted octanol–water partition coefficient (Wildman–Crippen LogP) is 2.23. The summed E-state index contributed by atoms with van der Waals surface area (Å²) in [6, 6.07) is -0.273. The zero-order valence-electron chi connectivity index (χ0n) is 11.4. The molecule has 2 atom stereocenters. The van der Waals surface area contributed by atoms with E-state index < -0.39 is 17.6 Å². The lowest BCUT2D eigenvalue weighted by Gasteiger charge is -2.31. The van der Waals surface area contributed by atoms with Crippen molar-refractivity contribution in [3.63, 3.8) is 0 Å². The highest BCUT2D eigenvalue weighted by Crippen LogP contribution is 2.42. The molecule has 1 aliphatic rings. The summed E-state index contributed by atoms with van der Waals surface area (Å²) in [5.41, 5.74) is -1.13. The third-order valence-corrected chi connectivity index (χ3v) is 3.77. The van der Waals surface area contributed by atoms with Crippen molar-refractivity contribution in [1.82, 2.24) is 19.5 Å². The van der Waals surface area contributed by atoms with Crippen molar-refractivity contribution < 1.29 is 18.3 Å². The van der Waals surface area contributed by atoms with E-state index in [4.69, 9.17) is 0 Å². The number of alkyl halides is 3. The van der Waals surface area contributed by atoms with Gasteiger partial charge in [0.2, 0.25) is 5.60 Å². The molecule has 3 rings (SSSR count). The standard InChI is InChI=1S/C13H13F3N4O/c1-7-3-8-4-17-6-19-10(8)9-5-18-11(20(7)9)12(2,21)13(14,15)16/h4-7,21H,3H2,1-2H3/t7-,12+/m0/s1. The fourth-order valence-corrected chi connectivity index (χ4v) is 2.62. The number of hydrogen-bond acceptors (Lipinski definition) is 4. The molecule has 0 unspecified atom stereocenters. The first kappa shape index (κ1) is 14.0. The van der Waals surface area contributed by atoms with Crippen molar-refractivity contribution in [2.75, 3.05) is 0 Å². The molecule has 3 heterocycles. The highest BCUT2D eigenvalue weighted by molar-refractivity contribution is 5.61. The van der Waals surface area contributed by atoms with Gasteiger partial charge in [-0.1, -0.05) is 0 Å². The molecule has 5 nitrogen and oxygen atoms in total. The summed E-state index contributed by atoms with van der Waals surface area (Å²) >= 11 is 0. The van der Waals surface area contributed by atoms with Crippen LogP contribution in [0.1, 0.15) is 31.3 Å². The second kappa shape index (κ2) is 4.27. The largest absolute Gasteiger partial charge is 0.424 e. The van der Waals surface area contributed by atoms with Crippen LogP contribution in [0.4, 0.5) is 13.2 Å². The van der Waals surface area contributed by atoms with Crippen LogP contribution in [0, 0.1) is 0 Å². The molecule has 0 amide bonds. The molecule has 0 radical (unpaired) electrons. The summed E-state index contributed by atoms with van der Waals surface area (Å²) in [5, 5.41) is 9.89. The number of aliphatic hydroxyl groups is 1. The summed E-state index contributed by atoms with van der Waals surface area (Å²) in [7, 11) is 0. The maximum Gasteiger partial charge on any atom is 0.424 e. The van der Waals surface area contributed by atoms with Gasteiger partial charge in [-0.3, -0.25) is 0 Å². The molecule has 0 spiro atoms. The van der Waals surface area contributed by atoms with Crippen molar-refractivity contribution >= 4 is 0 Å². The van der Waals surface area contributed by atoms with Gasteiger partial charge in [-0.15, -0.1) is 0 Å². The maximum absolute atomic E-state index is 13.1. The minimum atomic E-state index is -4.80. The molecule has 2 aromatic heterocycles. The molecular formula is C13H13F3N4O. The quantitative estimate of drug-likeness (QED) is 0.877. The molecular weight excluding hydrogens is 285 g/mol. The number of imidazole rings is 1. The van der Waals surface area contributed by atoms with E-state index in [1.54, 1.807) is 13.1 Å². The minimum absolute atomic E-state index is 0.273. The third-order valence-electron chi connectivity index (χ3n) is 3.77. The summed E-state index contributed by atoms with van der Waals surface area (Å²) < 4.78 is 40.6. The summed E-state index contributed by atoms with van der Waals surface area (Å²) in [6.07, 6.45) is -0.0110. The van der Waals surface area contributed by atoms with Crippen LogP contribution in [0.5, 0.6) is 0 Å². The summed E-state index contributed by atoms with van der Waals surface area (Å²) in [4.78, 5) is 11.9. The average molecular weight is 298 g/mol. The van der Waals surface area contributed by atoms with Gasteiger partial charge in [0.25, 0.3) is 0 Å². The molecule has 0 fully saturated rings. The first-order chi connectivity index (χ1) is 9.73. The van der Waals surface area contributed by atoms with E-state index in [1.165, 1.54) is 17.1 Å². The van der Waals surface area contributed by atoms with Gasteiger partial charge in [0.05, 0.1) is 17.6 Å². The fourth-order valence-electron chi connectivity index (χ4n) is 2.62. The Morgan fingerprint density at radius 1 is 1.29 bits per heavy atom. The van der Waals surface area contributed by atoms with Crippen LogP contribution in [0.25, 0.3) is 11.4 Å². The first-order valence-electron chi connectivity index (χ1n) is 6.39. The molecule has 1 aliphatic heterocycles. The molecule has 2 aromatic rings. The highest BCUT2D eigenvalue weighted by atomic mass is 19.4. The van der Waals surface area contributed by atoms with E-state index in [0.717, 1.165) is 5.56 Å². The second-order valence-electron chi connectivity index (χ2n) is 5.36. The van der Waals surface area contributed by atoms with Gasteiger partial charge in [0.1, 0.15) is 6.33 Å². The third kappa shape index (κ3) is 1.93. The van der Waals surface area contributed by atoms with E-state index in [9.17, 15) is 18.3 Å². The van der Waals surface area contributed by atoms with Gasteiger partial charge in [0, 0.05) is 17.8 Å². The van der Waals surface area contributed by atoms with E-state index in [-0.39, 0.29) is 6.04 Å². The summed E-state index contributed by atoms with van der Waals surface area (Å²) in [5.74, 6) is -0.415. The lowest BCUT2D eigenvalue weighted by molar-refractivity contribution is -0.262. The van der Waals surface area contributed by atoms with Gasteiger partial charge < -0.3 is 9.67 Å². The number of fused-ring (bicyclic) bond motifs is 3. The van der Waals surface area contributed by atoms with Crippen LogP contribution in [0.2, 0.25) is 0 Å². The molecule has 112 valence electrons. The molecule has 0 saturated heterocycles. The topological polar surface area (TPSA) is 63.8 Å². The Morgan fingerprint density at radius 3 is 2.67 bits per heavy atom. The zero-order chi connectivity index (χ0) is 15.4. The summed E-state index contributed by atoms with van der Waals surface area (Å²) in [6.45, 7) is 2.49. The Bertz CT molecular complexity index is 693. The Hall–Kier alpha value is -1.96. The number of hydrogen-bond donors (Lipinski definition) is 1. The molecule has 8 heteroatoms. The zero-order valence-corrected chi connectivity index (χ0v) is 11.4. The monoisotopic (exact) mass is 298 g/mol. The number of nitrogens with zero attached hydrogens (tertiary/aromatic N) is 4. The predicted molar refractivity (Wildman–Crippen MR) is 67.3 cm³/mol. The van der Waals surface area contributed by atoms with Crippen LogP contribution in [0.15, 0.2) is 18.7 Å². The number of aromatic nitrogens is 4. The van der Waals surface area contributed by atoms with E-state index in [2.05, 4.69) is 15.0 Å². The molecule has 0 saturated carbocycles. The van der Waals surface area contributed by atoms with Gasteiger partial charge in [-0.05, 0) is 20.3 Å². The van der Waals surface area contributed by atoms with Crippen LogP contribution >= 0.6 is 0 Å². The molecule has 0 bridgehead atoms. The van der Waals surface area contributed by atoms with Crippen molar-refractivity contribution in [1.29, 1.82) is 0 Å². The number of halogens is 3. The van der Waals surface area contributed by atoms with Crippen molar-refractivity contribution in [2.45, 2.75) is 38.1 Å². The Labute approximate surface area is 118 Å². The number of rotatable bonds is 1. The smallest absolute Gasteiger partial charge is 0.374 e.